The van der Waals surface area contributed by atoms with Crippen molar-refractivity contribution in [1.29, 1.82) is 0 Å². The summed E-state index contributed by atoms with van der Waals surface area (Å²) < 4.78 is 0. The molecular formula is C14H15ClN4S. The van der Waals surface area contributed by atoms with Crippen LogP contribution >= 0.6 is 22.9 Å². The summed E-state index contributed by atoms with van der Waals surface area (Å²) in [6.07, 6.45) is 1.08. The molecule has 2 N–H and O–H groups in total. The third-order valence-corrected chi connectivity index (χ3v) is 4.08. The van der Waals surface area contributed by atoms with Crippen LogP contribution in [0.1, 0.15) is 12.0 Å². The first kappa shape index (κ1) is 13.4. The minimum absolute atomic E-state index is 0.751. The number of hydrogen-bond donors (Lipinski definition) is 2. The molecule has 1 aromatic carbocycles. The molecule has 0 atom stereocenters. The number of aliphatic imine (C=N–C) groups is 1. The van der Waals surface area contributed by atoms with Gasteiger partial charge in [-0.3, -0.25) is 4.99 Å². The topological polar surface area (TPSA) is 49.3 Å². The number of anilines is 1. The van der Waals surface area contributed by atoms with Gasteiger partial charge in [0.15, 0.2) is 11.1 Å². The van der Waals surface area contributed by atoms with E-state index in [1.807, 2.05) is 30.5 Å². The fourth-order valence-electron chi connectivity index (χ4n) is 2.09. The van der Waals surface area contributed by atoms with Gasteiger partial charge in [0.1, 0.15) is 0 Å². The van der Waals surface area contributed by atoms with Crippen LogP contribution in [0.4, 0.5) is 5.13 Å². The highest BCUT2D eigenvalue weighted by Gasteiger charge is 2.10. The second-order valence-electron chi connectivity index (χ2n) is 4.63. The maximum Gasteiger partial charge on any atom is 0.197 e. The molecule has 0 aliphatic carbocycles. The van der Waals surface area contributed by atoms with Gasteiger partial charge in [-0.25, -0.2) is 4.98 Å². The van der Waals surface area contributed by atoms with Crippen LogP contribution in [0.3, 0.4) is 0 Å². The molecule has 3 rings (SSSR count). The molecule has 20 heavy (non-hydrogen) atoms. The van der Waals surface area contributed by atoms with Gasteiger partial charge in [-0.2, -0.15) is 0 Å². The van der Waals surface area contributed by atoms with Crippen LogP contribution in [-0.4, -0.2) is 24.0 Å². The number of halogens is 1. The van der Waals surface area contributed by atoms with Crippen molar-refractivity contribution in [2.75, 3.05) is 18.4 Å². The Labute approximate surface area is 126 Å². The molecule has 1 aliphatic rings. The molecule has 0 saturated carbocycles. The van der Waals surface area contributed by atoms with Crippen molar-refractivity contribution >= 4 is 34.0 Å². The van der Waals surface area contributed by atoms with E-state index < -0.39 is 0 Å². The van der Waals surface area contributed by atoms with Crippen LogP contribution in [0.2, 0.25) is 5.02 Å². The molecule has 0 unspecified atom stereocenters. The fraction of sp³-hybridized carbons (Fsp3) is 0.286. The van der Waals surface area contributed by atoms with Crippen molar-refractivity contribution in [2.45, 2.75) is 13.3 Å². The highest BCUT2D eigenvalue weighted by atomic mass is 35.5. The van der Waals surface area contributed by atoms with Crippen LogP contribution in [0.15, 0.2) is 28.6 Å². The quantitative estimate of drug-likeness (QED) is 0.892. The Kier molecular flexibility index (Phi) is 3.89. The molecule has 2 heterocycles. The average molecular weight is 307 g/mol. The van der Waals surface area contributed by atoms with Crippen LogP contribution in [0.5, 0.6) is 0 Å². The van der Waals surface area contributed by atoms with E-state index >= 15 is 0 Å². The Bertz CT molecular complexity index is 650. The van der Waals surface area contributed by atoms with Crippen LogP contribution in [0.25, 0.3) is 11.3 Å². The minimum atomic E-state index is 0.751. The van der Waals surface area contributed by atoms with Gasteiger partial charge < -0.3 is 10.6 Å². The summed E-state index contributed by atoms with van der Waals surface area (Å²) in [6, 6.07) is 5.85. The van der Waals surface area contributed by atoms with Crippen LogP contribution < -0.4 is 10.6 Å². The first-order valence-corrected chi connectivity index (χ1v) is 7.75. The first-order valence-electron chi connectivity index (χ1n) is 6.50. The second kappa shape index (κ2) is 5.81. The summed E-state index contributed by atoms with van der Waals surface area (Å²) in [5, 5.41) is 10.1. The third-order valence-electron chi connectivity index (χ3n) is 3.09. The lowest BCUT2D eigenvalue weighted by Crippen LogP contribution is -2.35. The number of aryl methyl sites for hydroxylation is 1. The van der Waals surface area contributed by atoms with E-state index in [9.17, 15) is 0 Å². The van der Waals surface area contributed by atoms with E-state index in [0.717, 1.165) is 52.4 Å². The predicted molar refractivity (Wildman–Crippen MR) is 85.8 cm³/mol. The van der Waals surface area contributed by atoms with Crippen molar-refractivity contribution in [3.63, 3.8) is 0 Å². The molecule has 1 aliphatic heterocycles. The smallest absolute Gasteiger partial charge is 0.197 e. The minimum Gasteiger partial charge on any atom is -0.356 e. The van der Waals surface area contributed by atoms with E-state index in [1.165, 1.54) is 0 Å². The van der Waals surface area contributed by atoms with Crippen molar-refractivity contribution in [1.82, 2.24) is 10.3 Å². The van der Waals surface area contributed by atoms with Gasteiger partial charge in [-0.05, 0) is 31.0 Å². The lowest BCUT2D eigenvalue weighted by molar-refractivity contribution is 0.740. The van der Waals surface area contributed by atoms with Crippen molar-refractivity contribution in [3.05, 3.63) is 34.2 Å². The number of nitrogens with zero attached hydrogens (tertiary/aromatic N) is 2. The summed E-state index contributed by atoms with van der Waals surface area (Å²) in [7, 11) is 0. The molecule has 0 spiro atoms. The molecule has 0 bridgehead atoms. The number of benzene rings is 1. The predicted octanol–water partition coefficient (Wildman–Crippen LogP) is 3.53. The summed E-state index contributed by atoms with van der Waals surface area (Å²) in [5.41, 5.74) is 3.20. The van der Waals surface area contributed by atoms with Gasteiger partial charge in [0, 0.05) is 29.1 Å². The lowest BCUT2D eigenvalue weighted by atomic mass is 10.1. The zero-order chi connectivity index (χ0) is 13.9. The van der Waals surface area contributed by atoms with Crippen molar-refractivity contribution in [2.24, 2.45) is 4.99 Å². The highest BCUT2D eigenvalue weighted by molar-refractivity contribution is 7.14. The van der Waals surface area contributed by atoms with E-state index in [1.54, 1.807) is 11.3 Å². The first-order chi connectivity index (χ1) is 9.72. The van der Waals surface area contributed by atoms with E-state index in [4.69, 9.17) is 11.6 Å². The monoisotopic (exact) mass is 306 g/mol. The molecule has 2 aromatic rings. The maximum atomic E-state index is 5.98. The molecular weight excluding hydrogens is 292 g/mol. The number of hydrogen-bond acceptors (Lipinski definition) is 5. The molecule has 1 aromatic heterocycles. The SMILES string of the molecule is Cc1cc(Cl)ccc1-c1csc(NC2=NCCCN2)n1. The number of nitrogens with one attached hydrogen (secondary N) is 2. The molecule has 0 amide bonds. The molecule has 0 saturated heterocycles. The summed E-state index contributed by atoms with van der Waals surface area (Å²) in [5.74, 6) is 0.810. The van der Waals surface area contributed by atoms with E-state index in [-0.39, 0.29) is 0 Å². The largest absolute Gasteiger partial charge is 0.356 e. The van der Waals surface area contributed by atoms with Gasteiger partial charge >= 0.3 is 0 Å². The van der Waals surface area contributed by atoms with Crippen LogP contribution in [-0.2, 0) is 0 Å². The Hall–Kier alpha value is -1.59. The molecule has 104 valence electrons. The Morgan fingerprint density at radius 2 is 2.30 bits per heavy atom. The van der Waals surface area contributed by atoms with Gasteiger partial charge in [0.2, 0.25) is 0 Å². The molecule has 4 nitrogen and oxygen atoms in total. The van der Waals surface area contributed by atoms with Gasteiger partial charge in [0.05, 0.1) is 5.69 Å². The molecule has 0 fully saturated rings. The van der Waals surface area contributed by atoms with Crippen molar-refractivity contribution in [3.8, 4) is 11.3 Å². The zero-order valence-electron chi connectivity index (χ0n) is 11.1. The van der Waals surface area contributed by atoms with E-state index in [0.29, 0.717) is 0 Å². The number of guanidine groups is 1. The summed E-state index contributed by atoms with van der Waals surface area (Å²) in [6.45, 7) is 3.87. The van der Waals surface area contributed by atoms with E-state index in [2.05, 4.69) is 20.6 Å². The Balaban J connectivity index is 1.81. The molecule has 6 heteroatoms. The fourth-order valence-corrected chi connectivity index (χ4v) is 3.02. The number of thiazole rings is 1. The maximum absolute atomic E-state index is 5.98. The highest BCUT2D eigenvalue weighted by Crippen LogP contribution is 2.29. The van der Waals surface area contributed by atoms with Crippen LogP contribution in [0, 0.1) is 6.92 Å². The van der Waals surface area contributed by atoms with Gasteiger partial charge in [-0.15, -0.1) is 11.3 Å². The zero-order valence-corrected chi connectivity index (χ0v) is 12.7. The Morgan fingerprint density at radius 1 is 1.40 bits per heavy atom. The average Bonchev–Trinajstić information content (AvgIpc) is 2.88. The number of aromatic nitrogens is 1. The summed E-state index contributed by atoms with van der Waals surface area (Å²) in [4.78, 5) is 8.99. The summed E-state index contributed by atoms with van der Waals surface area (Å²) >= 11 is 7.56. The van der Waals surface area contributed by atoms with Gasteiger partial charge in [0.25, 0.3) is 0 Å². The number of rotatable bonds is 2. The van der Waals surface area contributed by atoms with Gasteiger partial charge in [-0.1, -0.05) is 17.7 Å². The lowest BCUT2D eigenvalue weighted by Gasteiger charge is -2.14. The third kappa shape index (κ3) is 2.94. The second-order valence-corrected chi connectivity index (χ2v) is 5.93. The Morgan fingerprint density at radius 3 is 3.05 bits per heavy atom. The van der Waals surface area contributed by atoms with Crippen molar-refractivity contribution < 1.29 is 0 Å². The normalized spacial score (nSPS) is 14.6. The standard InChI is InChI=1S/C14H15ClN4S/c1-9-7-10(15)3-4-11(9)12-8-20-14(18-12)19-13-16-5-2-6-17-13/h3-4,7-8H,2,5-6H2,1H3,(H2,16,17,18,19). The molecule has 0 radical (unpaired) electrons.